The number of carbonyl (C=O) groups excluding carboxylic acids is 1. The number of fused-ring (bicyclic) bond motifs is 1. The van der Waals surface area contributed by atoms with Crippen LogP contribution in [-0.4, -0.2) is 36.2 Å². The average Bonchev–Trinajstić information content (AvgIpc) is 3.25. The first-order chi connectivity index (χ1) is 14.5. The average molecular weight is 440 g/mol. The Labute approximate surface area is 186 Å². The molecule has 156 valence electrons. The smallest absolute Gasteiger partial charge is 0.269 e. The second-order valence-corrected chi connectivity index (χ2v) is 9.16. The van der Waals surface area contributed by atoms with Gasteiger partial charge in [0.25, 0.3) is 5.91 Å². The van der Waals surface area contributed by atoms with Gasteiger partial charge >= 0.3 is 0 Å². The van der Waals surface area contributed by atoms with Gasteiger partial charge in [0.2, 0.25) is 0 Å². The third kappa shape index (κ3) is 3.61. The fraction of sp³-hybridized carbons (Fsp3) is 0.304. The van der Waals surface area contributed by atoms with Crippen molar-refractivity contribution in [2.75, 3.05) is 25.1 Å². The van der Waals surface area contributed by atoms with E-state index in [1.807, 2.05) is 25.1 Å². The number of hydrogen-bond acceptors (Lipinski definition) is 6. The number of amides is 1. The molecule has 0 spiro atoms. The number of aryl methyl sites for hydroxylation is 2. The van der Waals surface area contributed by atoms with E-state index in [-0.39, 0.29) is 5.91 Å². The van der Waals surface area contributed by atoms with Crippen LogP contribution in [0.3, 0.4) is 0 Å². The highest BCUT2D eigenvalue weighted by atomic mass is 32.2. The molecule has 0 N–H and O–H groups in total. The van der Waals surface area contributed by atoms with Crippen molar-refractivity contribution in [3.05, 3.63) is 57.5 Å². The van der Waals surface area contributed by atoms with Gasteiger partial charge < -0.3 is 9.64 Å². The maximum absolute atomic E-state index is 13.3. The van der Waals surface area contributed by atoms with Crippen LogP contribution in [0, 0.1) is 13.8 Å². The Hall–Kier alpha value is -2.38. The number of aliphatic imine (C=N–C) groups is 1. The largest absolute Gasteiger partial charge is 0.497 e. The number of hydrogen-bond donors (Lipinski definition) is 0. The minimum absolute atomic E-state index is 0.0201. The zero-order valence-corrected chi connectivity index (χ0v) is 19.5. The van der Waals surface area contributed by atoms with E-state index in [0.29, 0.717) is 6.54 Å². The summed E-state index contributed by atoms with van der Waals surface area (Å²) < 4.78 is 5.40. The zero-order chi connectivity index (χ0) is 21.4. The van der Waals surface area contributed by atoms with Crippen molar-refractivity contribution < 1.29 is 9.53 Å². The quantitative estimate of drug-likeness (QED) is 0.572. The van der Waals surface area contributed by atoms with Crippen LogP contribution in [0.1, 0.15) is 25.0 Å². The number of amidine groups is 1. The van der Waals surface area contributed by atoms with Crippen molar-refractivity contribution >= 4 is 46.0 Å². The maximum Gasteiger partial charge on any atom is 0.269 e. The van der Waals surface area contributed by atoms with Gasteiger partial charge in [-0.15, -0.1) is 0 Å². The van der Waals surface area contributed by atoms with E-state index >= 15 is 0 Å². The molecule has 5 nitrogen and oxygen atoms in total. The summed E-state index contributed by atoms with van der Waals surface area (Å²) >= 11 is 3.11. The molecule has 2 aromatic rings. The first-order valence-corrected chi connectivity index (χ1v) is 11.6. The van der Waals surface area contributed by atoms with Crippen LogP contribution in [0.25, 0.3) is 0 Å². The van der Waals surface area contributed by atoms with Crippen LogP contribution in [0.15, 0.2) is 56.2 Å². The minimum Gasteiger partial charge on any atom is -0.497 e. The Morgan fingerprint density at radius 3 is 2.43 bits per heavy atom. The Kier molecular flexibility index (Phi) is 5.84. The van der Waals surface area contributed by atoms with Gasteiger partial charge in [-0.3, -0.25) is 9.69 Å². The molecule has 1 fully saturated rings. The lowest BCUT2D eigenvalue weighted by molar-refractivity contribution is -0.122. The lowest BCUT2D eigenvalue weighted by Gasteiger charge is -2.19. The number of anilines is 1. The lowest BCUT2D eigenvalue weighted by atomic mass is 10.1. The van der Waals surface area contributed by atoms with Crippen molar-refractivity contribution in [3.8, 4) is 5.75 Å². The summed E-state index contributed by atoms with van der Waals surface area (Å²) in [6, 6.07) is 12.2. The monoisotopic (exact) mass is 439 g/mol. The molecule has 0 bridgehead atoms. The standard InChI is InChI=1S/C23H25N3O2S2/c1-6-25-18-13-16(28-5)9-11-19(18)29-22(25)20-21(27)26(7-2)23(30-20)24-17-10-8-14(3)12-15(17)4/h8-13H,6-7H2,1-5H3/b22-20-,24-23?. The number of rotatable bonds is 4. The highest BCUT2D eigenvalue weighted by Gasteiger charge is 2.39. The molecule has 1 amide bonds. The minimum atomic E-state index is 0.0201. The molecule has 4 rings (SSSR count). The number of thioether (sulfide) groups is 2. The normalized spacial score (nSPS) is 19.8. The first-order valence-electron chi connectivity index (χ1n) is 10.00. The van der Waals surface area contributed by atoms with Gasteiger partial charge in [-0.1, -0.05) is 29.5 Å². The van der Waals surface area contributed by atoms with E-state index in [1.54, 1.807) is 23.8 Å². The number of ether oxygens (including phenoxy) is 1. The molecule has 2 aliphatic rings. The van der Waals surface area contributed by atoms with E-state index in [9.17, 15) is 4.79 Å². The molecule has 0 aromatic heterocycles. The molecule has 0 saturated carbocycles. The van der Waals surface area contributed by atoms with Gasteiger partial charge in [-0.25, -0.2) is 4.99 Å². The van der Waals surface area contributed by atoms with E-state index in [1.165, 1.54) is 17.3 Å². The van der Waals surface area contributed by atoms with E-state index < -0.39 is 0 Å². The van der Waals surface area contributed by atoms with E-state index in [0.717, 1.165) is 49.2 Å². The number of methoxy groups -OCH3 is 1. The highest BCUT2D eigenvalue weighted by molar-refractivity contribution is 8.19. The Morgan fingerprint density at radius 1 is 1.00 bits per heavy atom. The molecule has 1 saturated heterocycles. The third-order valence-electron chi connectivity index (χ3n) is 5.17. The summed E-state index contributed by atoms with van der Waals surface area (Å²) in [5, 5.41) is 1.71. The molecule has 0 aliphatic carbocycles. The Bertz CT molecular complexity index is 1080. The van der Waals surface area contributed by atoms with Crippen LogP contribution in [0.5, 0.6) is 5.75 Å². The molecule has 7 heteroatoms. The van der Waals surface area contributed by atoms with Crippen LogP contribution in [-0.2, 0) is 4.79 Å². The van der Waals surface area contributed by atoms with E-state index in [4.69, 9.17) is 9.73 Å². The SMILES string of the molecule is CCN1C(=O)/C(=C2/Sc3ccc(OC)cc3N2CC)SC1=Nc1ccc(C)cc1C. The summed E-state index contributed by atoms with van der Waals surface area (Å²) in [5.74, 6) is 0.837. The molecular weight excluding hydrogens is 414 g/mol. The van der Waals surface area contributed by atoms with Crippen LogP contribution < -0.4 is 9.64 Å². The van der Waals surface area contributed by atoms with Gasteiger partial charge in [0.05, 0.1) is 18.5 Å². The summed E-state index contributed by atoms with van der Waals surface area (Å²) in [4.78, 5) is 24.0. The molecular formula is C23H25N3O2S2. The predicted molar refractivity (Wildman–Crippen MR) is 127 cm³/mol. The molecule has 2 aromatic carbocycles. The number of nitrogens with zero attached hydrogens (tertiary/aromatic N) is 3. The highest BCUT2D eigenvalue weighted by Crippen LogP contribution is 2.51. The van der Waals surface area contributed by atoms with E-state index in [2.05, 4.69) is 43.9 Å². The number of benzene rings is 2. The van der Waals surface area contributed by atoms with Crippen molar-refractivity contribution in [1.82, 2.24) is 4.90 Å². The molecule has 0 radical (unpaired) electrons. The number of carbonyl (C=O) groups is 1. The summed E-state index contributed by atoms with van der Waals surface area (Å²) in [6.07, 6.45) is 0. The second kappa shape index (κ2) is 8.40. The predicted octanol–water partition coefficient (Wildman–Crippen LogP) is 5.70. The Balaban J connectivity index is 1.75. The third-order valence-corrected chi connectivity index (χ3v) is 7.55. The van der Waals surface area contributed by atoms with Crippen molar-refractivity contribution in [2.24, 2.45) is 4.99 Å². The maximum atomic E-state index is 13.3. The lowest BCUT2D eigenvalue weighted by Crippen LogP contribution is -2.29. The summed E-state index contributed by atoms with van der Waals surface area (Å²) in [6.45, 7) is 9.57. The number of likely N-dealkylation sites (N-methyl/N-ethyl adjacent to an activating group) is 1. The van der Waals surface area contributed by atoms with Gasteiger partial charge in [0, 0.05) is 24.1 Å². The van der Waals surface area contributed by atoms with Gasteiger partial charge in [-0.2, -0.15) is 0 Å². The fourth-order valence-electron chi connectivity index (χ4n) is 3.60. The molecule has 0 atom stereocenters. The van der Waals surface area contributed by atoms with Crippen molar-refractivity contribution in [1.29, 1.82) is 0 Å². The van der Waals surface area contributed by atoms with Crippen LogP contribution in [0.2, 0.25) is 0 Å². The van der Waals surface area contributed by atoms with Crippen LogP contribution in [0.4, 0.5) is 11.4 Å². The zero-order valence-electron chi connectivity index (χ0n) is 17.9. The van der Waals surface area contributed by atoms with Crippen molar-refractivity contribution in [3.63, 3.8) is 0 Å². The molecule has 2 aliphatic heterocycles. The van der Waals surface area contributed by atoms with Crippen molar-refractivity contribution in [2.45, 2.75) is 32.6 Å². The first kappa shape index (κ1) is 20.9. The summed E-state index contributed by atoms with van der Waals surface area (Å²) in [5.41, 5.74) is 4.30. The molecule has 0 unspecified atom stereocenters. The Morgan fingerprint density at radius 2 is 1.77 bits per heavy atom. The van der Waals surface area contributed by atoms with Gasteiger partial charge in [-0.05, 0) is 63.2 Å². The summed E-state index contributed by atoms with van der Waals surface area (Å²) in [7, 11) is 1.67. The second-order valence-electron chi connectivity index (χ2n) is 7.15. The topological polar surface area (TPSA) is 45.1 Å². The van der Waals surface area contributed by atoms with Gasteiger partial charge in [0.15, 0.2) is 5.17 Å². The molecule has 2 heterocycles. The molecule has 30 heavy (non-hydrogen) atoms. The fourth-order valence-corrected chi connectivity index (χ4v) is 6.03. The van der Waals surface area contributed by atoms with Gasteiger partial charge in [0.1, 0.15) is 15.7 Å². The van der Waals surface area contributed by atoms with Crippen LogP contribution >= 0.6 is 23.5 Å².